The highest BCUT2D eigenvalue weighted by Gasteiger charge is 2.25. The lowest BCUT2D eigenvalue weighted by molar-refractivity contribution is -0.121. The third-order valence-corrected chi connectivity index (χ3v) is 4.30. The molecule has 1 amide bonds. The summed E-state index contributed by atoms with van der Waals surface area (Å²) < 4.78 is 0. The van der Waals surface area contributed by atoms with E-state index >= 15 is 0 Å². The highest BCUT2D eigenvalue weighted by molar-refractivity contribution is 8.00. The molecule has 1 aliphatic heterocycles. The number of aliphatic hydroxyl groups is 1. The standard InChI is InChI=1S/C13H17NO2S/c15-9-11(10-5-2-1-3-6-10)14-13(16)12-7-4-8-17-12/h1-3,5-6,11-12,15H,4,7-9H2,(H,14,16)/t11-,12?/m0/s1. The summed E-state index contributed by atoms with van der Waals surface area (Å²) in [6.07, 6.45) is 2.06. The average molecular weight is 251 g/mol. The molecule has 1 aromatic rings. The van der Waals surface area contributed by atoms with Crippen LogP contribution in [0.5, 0.6) is 0 Å². The number of nitrogens with one attached hydrogen (secondary N) is 1. The quantitative estimate of drug-likeness (QED) is 0.857. The fraction of sp³-hybridized carbons (Fsp3) is 0.462. The Hall–Kier alpha value is -1.00. The highest BCUT2D eigenvalue weighted by atomic mass is 32.2. The van der Waals surface area contributed by atoms with Crippen molar-refractivity contribution in [3.8, 4) is 0 Å². The maximum Gasteiger partial charge on any atom is 0.233 e. The molecule has 4 heteroatoms. The molecule has 0 aromatic heterocycles. The first-order valence-corrected chi connectivity index (χ1v) is 6.94. The van der Waals surface area contributed by atoms with E-state index in [1.54, 1.807) is 11.8 Å². The van der Waals surface area contributed by atoms with Crippen molar-refractivity contribution >= 4 is 17.7 Å². The summed E-state index contributed by atoms with van der Waals surface area (Å²) in [6.45, 7) is -0.0624. The molecule has 1 fully saturated rings. The molecule has 1 heterocycles. The van der Waals surface area contributed by atoms with Crippen LogP contribution >= 0.6 is 11.8 Å². The molecule has 0 spiro atoms. The molecule has 0 bridgehead atoms. The van der Waals surface area contributed by atoms with E-state index in [1.165, 1.54) is 0 Å². The van der Waals surface area contributed by atoms with Gasteiger partial charge in [-0.1, -0.05) is 30.3 Å². The van der Waals surface area contributed by atoms with Crippen LogP contribution in [0.2, 0.25) is 0 Å². The smallest absolute Gasteiger partial charge is 0.233 e. The summed E-state index contributed by atoms with van der Waals surface area (Å²) in [5.74, 6) is 1.11. The van der Waals surface area contributed by atoms with Crippen molar-refractivity contribution in [1.29, 1.82) is 0 Å². The Morgan fingerprint density at radius 2 is 2.24 bits per heavy atom. The first-order valence-electron chi connectivity index (χ1n) is 5.89. The minimum absolute atomic E-state index is 0.0513. The van der Waals surface area contributed by atoms with Gasteiger partial charge in [-0.25, -0.2) is 0 Å². The maximum atomic E-state index is 11.9. The summed E-state index contributed by atoms with van der Waals surface area (Å²) in [5, 5.41) is 12.3. The second-order valence-electron chi connectivity index (χ2n) is 4.16. The molecule has 17 heavy (non-hydrogen) atoms. The maximum absolute atomic E-state index is 11.9. The SMILES string of the molecule is O=C(N[C@@H](CO)c1ccccc1)C1CCCS1. The van der Waals surface area contributed by atoms with Crippen molar-refractivity contribution in [1.82, 2.24) is 5.32 Å². The molecule has 1 saturated heterocycles. The average Bonchev–Trinajstić information content (AvgIpc) is 2.90. The molecule has 0 saturated carbocycles. The fourth-order valence-electron chi connectivity index (χ4n) is 1.97. The zero-order chi connectivity index (χ0) is 12.1. The normalized spacial score (nSPS) is 21.1. The first-order chi connectivity index (χ1) is 8.31. The van der Waals surface area contributed by atoms with Crippen molar-refractivity contribution in [3.63, 3.8) is 0 Å². The van der Waals surface area contributed by atoms with Gasteiger partial charge in [0.1, 0.15) is 0 Å². The van der Waals surface area contributed by atoms with Crippen LogP contribution in [-0.2, 0) is 4.79 Å². The molecular formula is C13H17NO2S. The van der Waals surface area contributed by atoms with E-state index in [1.807, 2.05) is 30.3 Å². The Morgan fingerprint density at radius 1 is 1.47 bits per heavy atom. The Bertz CT molecular complexity index is 363. The zero-order valence-electron chi connectivity index (χ0n) is 9.63. The van der Waals surface area contributed by atoms with Crippen molar-refractivity contribution < 1.29 is 9.90 Å². The van der Waals surface area contributed by atoms with Gasteiger partial charge in [0.2, 0.25) is 5.91 Å². The topological polar surface area (TPSA) is 49.3 Å². The monoisotopic (exact) mass is 251 g/mol. The van der Waals surface area contributed by atoms with Crippen LogP contribution in [0.15, 0.2) is 30.3 Å². The molecule has 1 aliphatic rings. The molecule has 2 N–H and O–H groups in total. The zero-order valence-corrected chi connectivity index (χ0v) is 10.5. The van der Waals surface area contributed by atoms with Gasteiger partial charge >= 0.3 is 0 Å². The summed E-state index contributed by atoms with van der Waals surface area (Å²) in [5.41, 5.74) is 0.950. The molecular weight excluding hydrogens is 234 g/mol. The number of rotatable bonds is 4. The number of carbonyl (C=O) groups is 1. The number of thioether (sulfide) groups is 1. The summed E-state index contributed by atoms with van der Waals surface area (Å²) in [4.78, 5) is 11.9. The Morgan fingerprint density at radius 3 is 2.82 bits per heavy atom. The van der Waals surface area contributed by atoms with Crippen LogP contribution in [0.4, 0.5) is 0 Å². The van der Waals surface area contributed by atoms with Gasteiger partial charge in [0, 0.05) is 0 Å². The molecule has 3 nitrogen and oxygen atoms in total. The van der Waals surface area contributed by atoms with Gasteiger partial charge in [-0.05, 0) is 24.2 Å². The largest absolute Gasteiger partial charge is 0.394 e. The predicted molar refractivity (Wildman–Crippen MR) is 69.9 cm³/mol. The lowest BCUT2D eigenvalue weighted by Gasteiger charge is -2.18. The fourth-order valence-corrected chi connectivity index (χ4v) is 3.14. The number of amides is 1. The molecule has 2 rings (SSSR count). The molecule has 2 atom stereocenters. The van der Waals surface area contributed by atoms with E-state index < -0.39 is 0 Å². The van der Waals surface area contributed by atoms with Gasteiger partial charge in [0.05, 0.1) is 17.9 Å². The summed E-state index contributed by atoms with van der Waals surface area (Å²) >= 11 is 1.70. The molecule has 1 unspecified atom stereocenters. The number of aliphatic hydroxyl groups excluding tert-OH is 1. The van der Waals surface area contributed by atoms with Crippen LogP contribution in [-0.4, -0.2) is 28.6 Å². The minimum Gasteiger partial charge on any atom is -0.394 e. The second kappa shape index (κ2) is 6.07. The Balaban J connectivity index is 1.97. The highest BCUT2D eigenvalue weighted by Crippen LogP contribution is 2.26. The van der Waals surface area contributed by atoms with Crippen molar-refractivity contribution in [2.24, 2.45) is 0 Å². The van der Waals surface area contributed by atoms with E-state index in [0.717, 1.165) is 24.2 Å². The van der Waals surface area contributed by atoms with Crippen molar-refractivity contribution in [2.75, 3.05) is 12.4 Å². The van der Waals surface area contributed by atoms with E-state index in [4.69, 9.17) is 0 Å². The Labute approximate surface area is 106 Å². The number of hydrogen-bond donors (Lipinski definition) is 2. The Kier molecular flexibility index (Phi) is 4.45. The van der Waals surface area contributed by atoms with E-state index in [2.05, 4.69) is 5.32 Å². The number of hydrogen-bond acceptors (Lipinski definition) is 3. The van der Waals surface area contributed by atoms with Crippen molar-refractivity contribution in [2.45, 2.75) is 24.1 Å². The van der Waals surface area contributed by atoms with Crippen LogP contribution in [0.25, 0.3) is 0 Å². The third-order valence-electron chi connectivity index (χ3n) is 2.92. The van der Waals surface area contributed by atoms with Crippen LogP contribution in [0.3, 0.4) is 0 Å². The van der Waals surface area contributed by atoms with Crippen molar-refractivity contribution in [3.05, 3.63) is 35.9 Å². The van der Waals surface area contributed by atoms with Gasteiger partial charge in [0.25, 0.3) is 0 Å². The van der Waals surface area contributed by atoms with E-state index in [-0.39, 0.29) is 23.8 Å². The number of carbonyl (C=O) groups excluding carboxylic acids is 1. The van der Waals surface area contributed by atoms with Crippen LogP contribution in [0, 0.1) is 0 Å². The van der Waals surface area contributed by atoms with E-state index in [0.29, 0.717) is 0 Å². The molecule has 0 radical (unpaired) electrons. The molecule has 0 aliphatic carbocycles. The van der Waals surface area contributed by atoms with Crippen LogP contribution in [0.1, 0.15) is 24.4 Å². The van der Waals surface area contributed by atoms with E-state index in [9.17, 15) is 9.90 Å². The lowest BCUT2D eigenvalue weighted by Crippen LogP contribution is -2.36. The van der Waals surface area contributed by atoms with Gasteiger partial charge in [-0.15, -0.1) is 11.8 Å². The summed E-state index contributed by atoms with van der Waals surface area (Å²) in [7, 11) is 0. The van der Waals surface area contributed by atoms with Gasteiger partial charge in [-0.3, -0.25) is 4.79 Å². The predicted octanol–water partition coefficient (Wildman–Crippen LogP) is 1.73. The second-order valence-corrected chi connectivity index (χ2v) is 5.47. The summed E-state index contributed by atoms with van der Waals surface area (Å²) in [6, 6.07) is 9.30. The minimum atomic E-state index is -0.287. The first kappa shape index (κ1) is 12.5. The van der Waals surface area contributed by atoms with Gasteiger partial charge < -0.3 is 10.4 Å². The van der Waals surface area contributed by atoms with Crippen LogP contribution < -0.4 is 5.32 Å². The lowest BCUT2D eigenvalue weighted by atomic mass is 10.1. The molecule has 92 valence electrons. The number of benzene rings is 1. The third kappa shape index (κ3) is 3.23. The van der Waals surface area contributed by atoms with Gasteiger partial charge in [-0.2, -0.15) is 0 Å². The van der Waals surface area contributed by atoms with Gasteiger partial charge in [0.15, 0.2) is 0 Å². The molecule has 1 aromatic carbocycles.